The highest BCUT2D eigenvalue weighted by molar-refractivity contribution is 7.92. The van der Waals surface area contributed by atoms with E-state index in [4.69, 9.17) is 46.4 Å². The van der Waals surface area contributed by atoms with Gasteiger partial charge in [0.05, 0.1) is 17.0 Å². The van der Waals surface area contributed by atoms with Crippen LogP contribution in [-0.4, -0.2) is 51.0 Å². The molecule has 0 aliphatic carbocycles. The minimum atomic E-state index is -3.92. The van der Waals surface area contributed by atoms with Crippen LogP contribution < -0.4 is 9.62 Å². The highest BCUT2D eigenvalue weighted by Gasteiger charge is 2.31. The Morgan fingerprint density at radius 1 is 1.03 bits per heavy atom. The Morgan fingerprint density at radius 3 is 2.12 bits per heavy atom. The third-order valence-corrected chi connectivity index (χ3v) is 7.03. The Morgan fingerprint density at radius 2 is 1.62 bits per heavy atom. The summed E-state index contributed by atoms with van der Waals surface area (Å²) in [7, 11) is -2.49. The van der Waals surface area contributed by atoms with E-state index in [-0.39, 0.29) is 17.3 Å². The number of amides is 2. The summed E-state index contributed by atoms with van der Waals surface area (Å²) >= 11 is 24.6. The third-order valence-electron chi connectivity index (χ3n) is 4.66. The van der Waals surface area contributed by atoms with Crippen molar-refractivity contribution in [2.45, 2.75) is 19.5 Å². The Labute approximate surface area is 207 Å². The number of hydrogen-bond acceptors (Lipinski definition) is 4. The largest absolute Gasteiger partial charge is 0.357 e. The molecule has 7 nitrogen and oxygen atoms in total. The van der Waals surface area contributed by atoms with Crippen molar-refractivity contribution in [3.8, 4) is 0 Å². The standard InChI is InChI=1S/C20H21Cl4N3O4S/c1-12(20(29)25-2)26(10-14-15(22)5-4-6-16(14)23)19(28)11-27(32(3,30)31)18-8-7-13(21)9-17(18)24/h4-9,12H,10-11H2,1-3H3,(H,25,29)/t12-/m1/s1. The van der Waals surface area contributed by atoms with Crippen LogP contribution in [0.1, 0.15) is 12.5 Å². The summed E-state index contributed by atoms with van der Waals surface area (Å²) in [5, 5.41) is 3.45. The molecule has 0 saturated carbocycles. The van der Waals surface area contributed by atoms with Crippen LogP contribution in [0.25, 0.3) is 0 Å². The molecular formula is C20H21Cl4N3O4S. The second-order valence-electron chi connectivity index (χ2n) is 6.88. The van der Waals surface area contributed by atoms with E-state index in [1.165, 1.54) is 37.1 Å². The molecule has 2 aromatic rings. The maximum absolute atomic E-state index is 13.3. The molecule has 0 unspecified atom stereocenters. The van der Waals surface area contributed by atoms with Crippen LogP contribution in [0.5, 0.6) is 0 Å². The lowest BCUT2D eigenvalue weighted by Gasteiger charge is -2.31. The summed E-state index contributed by atoms with van der Waals surface area (Å²) in [5.74, 6) is -1.11. The first-order valence-electron chi connectivity index (χ1n) is 9.23. The lowest BCUT2D eigenvalue weighted by Crippen LogP contribution is -2.50. The van der Waals surface area contributed by atoms with Crippen molar-refractivity contribution in [1.29, 1.82) is 0 Å². The summed E-state index contributed by atoms with van der Waals surface area (Å²) in [4.78, 5) is 26.9. The van der Waals surface area contributed by atoms with Crippen LogP contribution in [-0.2, 0) is 26.2 Å². The molecule has 0 aromatic heterocycles. The molecule has 1 atom stereocenters. The van der Waals surface area contributed by atoms with E-state index in [0.29, 0.717) is 20.6 Å². The van der Waals surface area contributed by atoms with Gasteiger partial charge in [-0.05, 0) is 37.3 Å². The van der Waals surface area contributed by atoms with Gasteiger partial charge in [-0.3, -0.25) is 13.9 Å². The van der Waals surface area contributed by atoms with Gasteiger partial charge in [0.15, 0.2) is 0 Å². The molecule has 0 bridgehead atoms. The van der Waals surface area contributed by atoms with E-state index < -0.39 is 34.4 Å². The van der Waals surface area contributed by atoms with Crippen molar-refractivity contribution >= 4 is 73.9 Å². The van der Waals surface area contributed by atoms with Gasteiger partial charge in [-0.25, -0.2) is 8.42 Å². The fraction of sp³-hybridized carbons (Fsp3) is 0.300. The first kappa shape index (κ1) is 26.5. The first-order valence-corrected chi connectivity index (χ1v) is 12.6. The van der Waals surface area contributed by atoms with Gasteiger partial charge in [-0.2, -0.15) is 0 Å². The SMILES string of the molecule is CNC(=O)[C@@H](C)N(Cc1c(Cl)cccc1Cl)C(=O)CN(c1ccc(Cl)cc1Cl)S(C)(=O)=O. The zero-order chi connectivity index (χ0) is 24.2. The predicted octanol–water partition coefficient (Wildman–Crippen LogP) is 4.23. The van der Waals surface area contributed by atoms with E-state index in [1.54, 1.807) is 18.2 Å². The summed E-state index contributed by atoms with van der Waals surface area (Å²) in [6, 6.07) is 8.14. The van der Waals surface area contributed by atoms with Crippen LogP contribution >= 0.6 is 46.4 Å². The van der Waals surface area contributed by atoms with Crippen LogP contribution in [0, 0.1) is 0 Å². The van der Waals surface area contributed by atoms with Crippen LogP contribution in [0.2, 0.25) is 20.1 Å². The molecule has 2 amide bonds. The van der Waals surface area contributed by atoms with E-state index in [9.17, 15) is 18.0 Å². The van der Waals surface area contributed by atoms with Crippen LogP contribution in [0.3, 0.4) is 0 Å². The average Bonchev–Trinajstić information content (AvgIpc) is 2.70. The van der Waals surface area contributed by atoms with Gasteiger partial charge in [0.25, 0.3) is 0 Å². The fourth-order valence-corrected chi connectivity index (χ4v) is 4.86. The molecule has 1 N–H and O–H groups in total. The number of nitrogens with one attached hydrogen (secondary N) is 1. The fourth-order valence-electron chi connectivity index (χ4n) is 2.92. The molecule has 0 spiro atoms. The number of benzene rings is 2. The molecule has 12 heteroatoms. The molecule has 0 heterocycles. The van der Waals surface area contributed by atoms with Gasteiger partial charge in [0.1, 0.15) is 12.6 Å². The molecule has 2 rings (SSSR count). The quantitative estimate of drug-likeness (QED) is 0.542. The third kappa shape index (κ3) is 6.42. The van der Waals surface area contributed by atoms with Crippen molar-refractivity contribution in [3.63, 3.8) is 0 Å². The smallest absolute Gasteiger partial charge is 0.244 e. The van der Waals surface area contributed by atoms with Gasteiger partial charge in [-0.1, -0.05) is 52.5 Å². The van der Waals surface area contributed by atoms with E-state index in [1.807, 2.05) is 0 Å². The number of anilines is 1. The monoisotopic (exact) mass is 539 g/mol. The number of likely N-dealkylation sites (N-methyl/N-ethyl adjacent to an activating group) is 1. The highest BCUT2D eigenvalue weighted by Crippen LogP contribution is 2.31. The Bertz CT molecular complexity index is 1110. The maximum Gasteiger partial charge on any atom is 0.244 e. The maximum atomic E-state index is 13.3. The summed E-state index contributed by atoms with van der Waals surface area (Å²) in [6.07, 6.45) is 0.947. The molecular weight excluding hydrogens is 520 g/mol. The van der Waals surface area contributed by atoms with Gasteiger partial charge in [-0.15, -0.1) is 0 Å². The van der Waals surface area contributed by atoms with E-state index in [0.717, 1.165) is 10.6 Å². The lowest BCUT2D eigenvalue weighted by atomic mass is 10.1. The zero-order valence-corrected chi connectivity index (χ0v) is 21.2. The van der Waals surface area contributed by atoms with Gasteiger partial charge < -0.3 is 10.2 Å². The minimum absolute atomic E-state index is 0.0516. The number of halogens is 4. The molecule has 2 aromatic carbocycles. The minimum Gasteiger partial charge on any atom is -0.357 e. The number of rotatable bonds is 8. The number of hydrogen-bond donors (Lipinski definition) is 1. The van der Waals surface area contributed by atoms with Crippen LogP contribution in [0.4, 0.5) is 5.69 Å². The molecule has 32 heavy (non-hydrogen) atoms. The van der Waals surface area contributed by atoms with E-state index in [2.05, 4.69) is 5.32 Å². The number of nitrogens with zero attached hydrogens (tertiary/aromatic N) is 2. The summed E-state index contributed by atoms with van der Waals surface area (Å²) in [6.45, 7) is 0.795. The second kappa shape index (κ2) is 10.9. The second-order valence-corrected chi connectivity index (χ2v) is 10.4. The van der Waals surface area contributed by atoms with Crippen molar-refractivity contribution in [1.82, 2.24) is 10.2 Å². The zero-order valence-electron chi connectivity index (χ0n) is 17.4. The normalized spacial score (nSPS) is 12.2. The predicted molar refractivity (Wildman–Crippen MR) is 129 cm³/mol. The first-order chi connectivity index (χ1) is 14.9. The Hall–Kier alpha value is -1.71. The van der Waals surface area contributed by atoms with Crippen molar-refractivity contribution in [2.75, 3.05) is 24.2 Å². The molecule has 0 radical (unpaired) electrons. The molecule has 0 aliphatic rings. The van der Waals surface area contributed by atoms with Gasteiger partial charge in [0, 0.05) is 34.2 Å². The van der Waals surface area contributed by atoms with Crippen molar-refractivity contribution in [2.24, 2.45) is 0 Å². The van der Waals surface area contributed by atoms with Crippen molar-refractivity contribution in [3.05, 3.63) is 62.1 Å². The summed E-state index contributed by atoms with van der Waals surface area (Å²) in [5.41, 5.74) is 0.505. The molecule has 0 saturated heterocycles. The average molecular weight is 541 g/mol. The Kier molecular flexibility index (Phi) is 9.07. The molecule has 174 valence electrons. The van der Waals surface area contributed by atoms with Gasteiger partial charge in [0.2, 0.25) is 21.8 Å². The Balaban J connectivity index is 2.47. The van der Waals surface area contributed by atoms with E-state index >= 15 is 0 Å². The van der Waals surface area contributed by atoms with Crippen molar-refractivity contribution < 1.29 is 18.0 Å². The van der Waals surface area contributed by atoms with Gasteiger partial charge >= 0.3 is 0 Å². The molecule has 0 aliphatic heterocycles. The number of carbonyl (C=O) groups excluding carboxylic acids is 2. The number of carbonyl (C=O) groups is 2. The summed E-state index contributed by atoms with van der Waals surface area (Å²) < 4.78 is 25.8. The molecule has 0 fully saturated rings. The lowest BCUT2D eigenvalue weighted by molar-refractivity contribution is -0.139. The van der Waals surface area contributed by atoms with Crippen LogP contribution in [0.15, 0.2) is 36.4 Å². The highest BCUT2D eigenvalue weighted by atomic mass is 35.5. The topological polar surface area (TPSA) is 86.8 Å². The number of sulfonamides is 1.